The number of rotatable bonds is 3. The molecule has 0 bridgehead atoms. The molecule has 0 aliphatic rings. The van der Waals surface area contributed by atoms with Gasteiger partial charge in [0.15, 0.2) is 18.3 Å². The minimum atomic E-state index is 0.150. The highest BCUT2D eigenvalue weighted by Gasteiger charge is 2.02. The summed E-state index contributed by atoms with van der Waals surface area (Å²) in [6.45, 7) is 1.96. The Bertz CT molecular complexity index is 258. The molecular weight excluding hydrogens is 156 g/mol. The quantitative estimate of drug-likeness (QED) is 0.698. The van der Waals surface area contributed by atoms with E-state index in [4.69, 9.17) is 9.47 Å². The average molecular weight is 168 g/mol. The molecule has 0 aliphatic heterocycles. The summed E-state index contributed by atoms with van der Waals surface area (Å²) < 4.78 is 9.80. The standard InChI is InChI=1S/C9H12O3/c1-7-4-3-5-8(9(7)10)12-6-11-2/h3-5,10H,6H2,1-2H3. The SMILES string of the molecule is COCOc1cccc(C)c1O. The van der Waals surface area contributed by atoms with Crippen molar-refractivity contribution in [3.63, 3.8) is 0 Å². The van der Waals surface area contributed by atoms with Crippen LogP contribution in [0.5, 0.6) is 11.5 Å². The maximum atomic E-state index is 9.44. The predicted octanol–water partition coefficient (Wildman–Crippen LogP) is 1.68. The van der Waals surface area contributed by atoms with Crippen LogP contribution in [0, 0.1) is 6.92 Å². The molecule has 0 saturated heterocycles. The van der Waals surface area contributed by atoms with Gasteiger partial charge in [0.05, 0.1) is 0 Å². The summed E-state index contributed by atoms with van der Waals surface area (Å²) >= 11 is 0. The lowest BCUT2D eigenvalue weighted by atomic mass is 10.2. The Hall–Kier alpha value is -1.22. The van der Waals surface area contributed by atoms with E-state index in [2.05, 4.69) is 0 Å². The lowest BCUT2D eigenvalue weighted by molar-refractivity contribution is 0.0491. The average Bonchev–Trinajstić information content (AvgIpc) is 2.08. The van der Waals surface area contributed by atoms with Crippen LogP contribution >= 0.6 is 0 Å². The fraction of sp³-hybridized carbons (Fsp3) is 0.333. The summed E-state index contributed by atoms with van der Waals surface area (Å²) in [7, 11) is 1.53. The predicted molar refractivity (Wildman–Crippen MR) is 45.3 cm³/mol. The fourth-order valence-corrected chi connectivity index (χ4v) is 0.871. The van der Waals surface area contributed by atoms with Gasteiger partial charge in [-0.3, -0.25) is 0 Å². The first-order valence-electron chi connectivity index (χ1n) is 3.66. The van der Waals surface area contributed by atoms with Gasteiger partial charge in [0.25, 0.3) is 0 Å². The number of para-hydroxylation sites is 1. The Balaban J connectivity index is 2.78. The van der Waals surface area contributed by atoms with Crippen LogP contribution in [0.3, 0.4) is 0 Å². The zero-order valence-electron chi connectivity index (χ0n) is 7.20. The number of phenols is 1. The van der Waals surface area contributed by atoms with Gasteiger partial charge in [0.2, 0.25) is 0 Å². The molecule has 0 fully saturated rings. The Morgan fingerprint density at radius 3 is 2.83 bits per heavy atom. The van der Waals surface area contributed by atoms with E-state index in [1.807, 2.05) is 19.1 Å². The molecule has 66 valence electrons. The zero-order valence-corrected chi connectivity index (χ0v) is 7.20. The van der Waals surface area contributed by atoms with Gasteiger partial charge in [0, 0.05) is 7.11 Å². The molecule has 0 aromatic heterocycles. The molecule has 0 saturated carbocycles. The molecule has 1 aromatic carbocycles. The second-order valence-electron chi connectivity index (χ2n) is 2.47. The lowest BCUT2D eigenvalue weighted by Gasteiger charge is -2.07. The van der Waals surface area contributed by atoms with Crippen molar-refractivity contribution in [1.29, 1.82) is 0 Å². The van der Waals surface area contributed by atoms with Gasteiger partial charge in [-0.15, -0.1) is 0 Å². The first-order chi connectivity index (χ1) is 5.75. The van der Waals surface area contributed by atoms with Crippen molar-refractivity contribution in [2.75, 3.05) is 13.9 Å². The summed E-state index contributed by atoms with van der Waals surface area (Å²) in [6.07, 6.45) is 0. The molecule has 3 heteroatoms. The van der Waals surface area contributed by atoms with Gasteiger partial charge in [-0.1, -0.05) is 12.1 Å². The lowest BCUT2D eigenvalue weighted by Crippen LogP contribution is -1.99. The molecule has 1 N–H and O–H groups in total. The number of hydrogen-bond donors (Lipinski definition) is 1. The molecule has 0 radical (unpaired) electrons. The van der Waals surface area contributed by atoms with Crippen LogP contribution in [0.4, 0.5) is 0 Å². The molecule has 0 atom stereocenters. The number of hydrogen-bond acceptors (Lipinski definition) is 3. The third-order valence-corrected chi connectivity index (χ3v) is 1.53. The van der Waals surface area contributed by atoms with E-state index >= 15 is 0 Å². The smallest absolute Gasteiger partial charge is 0.188 e. The van der Waals surface area contributed by atoms with E-state index in [-0.39, 0.29) is 12.5 Å². The summed E-state index contributed by atoms with van der Waals surface area (Å²) in [5, 5.41) is 9.44. The molecule has 0 spiro atoms. The third kappa shape index (κ3) is 1.89. The second-order valence-corrected chi connectivity index (χ2v) is 2.47. The molecule has 0 heterocycles. The highest BCUT2D eigenvalue weighted by molar-refractivity contribution is 5.44. The van der Waals surface area contributed by atoms with Crippen LogP contribution in [0.2, 0.25) is 0 Å². The molecule has 0 amide bonds. The molecule has 12 heavy (non-hydrogen) atoms. The topological polar surface area (TPSA) is 38.7 Å². The van der Waals surface area contributed by atoms with Crippen LogP contribution < -0.4 is 4.74 Å². The minimum Gasteiger partial charge on any atom is -0.504 e. The number of aryl methyl sites for hydroxylation is 1. The highest BCUT2D eigenvalue weighted by atomic mass is 16.7. The van der Waals surface area contributed by atoms with Crippen molar-refractivity contribution < 1.29 is 14.6 Å². The number of ether oxygens (including phenoxy) is 2. The number of methoxy groups -OCH3 is 1. The van der Waals surface area contributed by atoms with Gasteiger partial charge < -0.3 is 14.6 Å². The van der Waals surface area contributed by atoms with E-state index in [0.717, 1.165) is 5.56 Å². The van der Waals surface area contributed by atoms with E-state index in [9.17, 15) is 5.11 Å². The first kappa shape index (κ1) is 8.87. The Kier molecular flexibility index (Phi) is 2.94. The van der Waals surface area contributed by atoms with E-state index in [0.29, 0.717) is 5.75 Å². The first-order valence-corrected chi connectivity index (χ1v) is 3.66. The highest BCUT2D eigenvalue weighted by Crippen LogP contribution is 2.28. The van der Waals surface area contributed by atoms with Crippen molar-refractivity contribution in [3.8, 4) is 11.5 Å². The van der Waals surface area contributed by atoms with Crippen molar-refractivity contribution >= 4 is 0 Å². The summed E-state index contributed by atoms with van der Waals surface area (Å²) in [5.74, 6) is 0.631. The van der Waals surface area contributed by atoms with Crippen LogP contribution in [0.25, 0.3) is 0 Å². The van der Waals surface area contributed by atoms with Crippen molar-refractivity contribution in [1.82, 2.24) is 0 Å². The van der Waals surface area contributed by atoms with Crippen molar-refractivity contribution in [2.45, 2.75) is 6.92 Å². The third-order valence-electron chi connectivity index (χ3n) is 1.53. The Labute approximate surface area is 71.5 Å². The van der Waals surface area contributed by atoms with Crippen LogP contribution in [-0.4, -0.2) is 19.0 Å². The molecule has 1 aromatic rings. The molecule has 0 aliphatic carbocycles. The van der Waals surface area contributed by atoms with E-state index < -0.39 is 0 Å². The summed E-state index contributed by atoms with van der Waals surface area (Å²) in [6, 6.07) is 5.33. The normalized spacial score (nSPS) is 9.83. The molecule has 1 rings (SSSR count). The number of aromatic hydroxyl groups is 1. The van der Waals surface area contributed by atoms with Crippen molar-refractivity contribution in [2.24, 2.45) is 0 Å². The van der Waals surface area contributed by atoms with Gasteiger partial charge in [-0.2, -0.15) is 0 Å². The van der Waals surface area contributed by atoms with Gasteiger partial charge in [-0.05, 0) is 18.6 Å². The van der Waals surface area contributed by atoms with Crippen molar-refractivity contribution in [3.05, 3.63) is 23.8 Å². The fourth-order valence-electron chi connectivity index (χ4n) is 0.871. The van der Waals surface area contributed by atoms with Crippen LogP contribution in [0.15, 0.2) is 18.2 Å². The van der Waals surface area contributed by atoms with E-state index in [1.54, 1.807) is 6.07 Å². The number of phenolic OH excluding ortho intramolecular Hbond substituents is 1. The van der Waals surface area contributed by atoms with Gasteiger partial charge in [-0.25, -0.2) is 0 Å². The van der Waals surface area contributed by atoms with Crippen LogP contribution in [0.1, 0.15) is 5.56 Å². The molecular formula is C9H12O3. The van der Waals surface area contributed by atoms with Gasteiger partial charge in [0.1, 0.15) is 0 Å². The number of benzene rings is 1. The zero-order chi connectivity index (χ0) is 8.97. The summed E-state index contributed by atoms with van der Waals surface area (Å²) in [4.78, 5) is 0. The molecule has 0 unspecified atom stereocenters. The van der Waals surface area contributed by atoms with Crippen LogP contribution in [-0.2, 0) is 4.74 Å². The largest absolute Gasteiger partial charge is 0.504 e. The Morgan fingerprint density at radius 2 is 2.17 bits per heavy atom. The maximum absolute atomic E-state index is 9.44. The summed E-state index contributed by atoms with van der Waals surface area (Å²) in [5.41, 5.74) is 0.795. The minimum absolute atomic E-state index is 0.150. The monoisotopic (exact) mass is 168 g/mol. The second kappa shape index (κ2) is 3.97. The molecule has 3 nitrogen and oxygen atoms in total. The van der Waals surface area contributed by atoms with E-state index in [1.165, 1.54) is 7.11 Å². The van der Waals surface area contributed by atoms with Gasteiger partial charge >= 0.3 is 0 Å². The maximum Gasteiger partial charge on any atom is 0.188 e. The Morgan fingerprint density at radius 1 is 1.42 bits per heavy atom.